The first-order valence-corrected chi connectivity index (χ1v) is 8.31. The molecule has 4 rings (SSSR count). The number of aryl methyl sites for hydroxylation is 1. The molecule has 3 heterocycles. The molecule has 0 unspecified atom stereocenters. The molecule has 124 valence electrons. The normalized spacial score (nSPS) is 11.0. The van der Waals surface area contributed by atoms with Crippen LogP contribution in [-0.4, -0.2) is 19.5 Å². The zero-order valence-electron chi connectivity index (χ0n) is 13.6. The highest BCUT2D eigenvalue weighted by atomic mass is 35.5. The molecular weight excluding hydrogens is 334 g/mol. The smallest absolute Gasteiger partial charge is 0.137 e. The number of benzene rings is 1. The summed E-state index contributed by atoms with van der Waals surface area (Å²) in [5.74, 6) is 1.66. The highest BCUT2D eigenvalue weighted by Gasteiger charge is 2.05. The van der Waals surface area contributed by atoms with Gasteiger partial charge in [0.15, 0.2) is 0 Å². The van der Waals surface area contributed by atoms with Crippen molar-refractivity contribution in [1.29, 1.82) is 0 Å². The Morgan fingerprint density at radius 2 is 2.00 bits per heavy atom. The van der Waals surface area contributed by atoms with Crippen molar-refractivity contribution in [3.63, 3.8) is 0 Å². The number of halogens is 1. The summed E-state index contributed by atoms with van der Waals surface area (Å²) < 4.78 is 1.87. The fourth-order valence-corrected chi connectivity index (χ4v) is 2.82. The topological polar surface area (TPSA) is 55.6 Å². The third-order valence-electron chi connectivity index (χ3n) is 4.10. The molecule has 5 nitrogen and oxygen atoms in total. The van der Waals surface area contributed by atoms with Crippen LogP contribution in [0.4, 0.5) is 5.82 Å². The van der Waals surface area contributed by atoms with E-state index in [-0.39, 0.29) is 0 Å². The zero-order valence-corrected chi connectivity index (χ0v) is 14.4. The van der Waals surface area contributed by atoms with E-state index in [0.29, 0.717) is 6.54 Å². The first-order chi connectivity index (χ1) is 12.2. The van der Waals surface area contributed by atoms with Crippen molar-refractivity contribution in [3.05, 3.63) is 77.5 Å². The number of rotatable bonds is 4. The van der Waals surface area contributed by atoms with Crippen molar-refractivity contribution in [2.75, 3.05) is 5.32 Å². The summed E-state index contributed by atoms with van der Waals surface area (Å²) in [5.41, 5.74) is 2.99. The van der Waals surface area contributed by atoms with Crippen LogP contribution < -0.4 is 5.32 Å². The van der Waals surface area contributed by atoms with E-state index in [1.54, 1.807) is 12.5 Å². The standard InChI is InChI=1S/C19H16ClN5/c1-13-16(20)5-3-15-4-6-17(24-19(13)15)22-10-14-2-7-18(23-11-14)25-9-8-21-12-25/h2-9,11-12H,10H2,1H3,(H,22,24). The largest absolute Gasteiger partial charge is 0.366 e. The van der Waals surface area contributed by atoms with Gasteiger partial charge in [-0.2, -0.15) is 0 Å². The lowest BCUT2D eigenvalue weighted by Crippen LogP contribution is -2.03. The minimum absolute atomic E-state index is 0.648. The Balaban J connectivity index is 1.51. The molecule has 0 aliphatic carbocycles. The highest BCUT2D eigenvalue weighted by Crippen LogP contribution is 2.25. The molecule has 0 radical (unpaired) electrons. The van der Waals surface area contributed by atoms with Crippen molar-refractivity contribution in [2.45, 2.75) is 13.5 Å². The maximum atomic E-state index is 6.19. The molecule has 0 spiro atoms. The van der Waals surface area contributed by atoms with Gasteiger partial charge in [0.2, 0.25) is 0 Å². The van der Waals surface area contributed by atoms with Crippen molar-refractivity contribution < 1.29 is 0 Å². The van der Waals surface area contributed by atoms with Gasteiger partial charge in [0.25, 0.3) is 0 Å². The van der Waals surface area contributed by atoms with E-state index in [1.807, 2.05) is 60.3 Å². The van der Waals surface area contributed by atoms with Gasteiger partial charge in [-0.1, -0.05) is 23.7 Å². The van der Waals surface area contributed by atoms with E-state index in [1.165, 1.54) is 0 Å². The quantitative estimate of drug-likeness (QED) is 0.593. The Morgan fingerprint density at radius 3 is 2.76 bits per heavy atom. The predicted octanol–water partition coefficient (Wildman–Crippen LogP) is 4.39. The molecule has 1 aromatic carbocycles. The molecule has 3 aromatic heterocycles. The number of anilines is 1. The first kappa shape index (κ1) is 15.6. The molecule has 1 N–H and O–H groups in total. The summed E-state index contributed by atoms with van der Waals surface area (Å²) >= 11 is 6.19. The molecule has 4 aromatic rings. The SMILES string of the molecule is Cc1c(Cl)ccc2ccc(NCc3ccc(-n4ccnc4)nc3)nc12. The third kappa shape index (κ3) is 3.19. The number of pyridine rings is 2. The van der Waals surface area contributed by atoms with Crippen LogP contribution >= 0.6 is 11.6 Å². The van der Waals surface area contributed by atoms with Gasteiger partial charge in [0, 0.05) is 35.5 Å². The minimum Gasteiger partial charge on any atom is -0.366 e. The molecule has 0 fully saturated rings. The predicted molar refractivity (Wildman–Crippen MR) is 100 cm³/mol. The van der Waals surface area contributed by atoms with Gasteiger partial charge in [-0.3, -0.25) is 4.57 Å². The Bertz CT molecular complexity index is 1010. The van der Waals surface area contributed by atoms with E-state index in [0.717, 1.165) is 38.7 Å². The fourth-order valence-electron chi connectivity index (χ4n) is 2.67. The number of aromatic nitrogens is 4. The average Bonchev–Trinajstić information content (AvgIpc) is 3.18. The van der Waals surface area contributed by atoms with Crippen molar-refractivity contribution in [1.82, 2.24) is 19.5 Å². The summed E-state index contributed by atoms with van der Waals surface area (Å²) in [6.45, 7) is 2.63. The number of hydrogen-bond acceptors (Lipinski definition) is 4. The van der Waals surface area contributed by atoms with Crippen molar-refractivity contribution >= 4 is 28.3 Å². The van der Waals surface area contributed by atoms with E-state index in [4.69, 9.17) is 11.6 Å². The summed E-state index contributed by atoms with van der Waals surface area (Å²) in [5, 5.41) is 5.16. The van der Waals surface area contributed by atoms with Crippen LogP contribution in [-0.2, 0) is 6.54 Å². The molecule has 0 aliphatic rings. The lowest BCUT2D eigenvalue weighted by molar-refractivity contribution is 0.977. The van der Waals surface area contributed by atoms with E-state index >= 15 is 0 Å². The van der Waals surface area contributed by atoms with Crippen molar-refractivity contribution in [3.8, 4) is 5.82 Å². The maximum Gasteiger partial charge on any atom is 0.137 e. The first-order valence-electron chi connectivity index (χ1n) is 7.94. The van der Waals surface area contributed by atoms with Crippen LogP contribution in [0.15, 0.2) is 61.3 Å². The van der Waals surface area contributed by atoms with Gasteiger partial charge in [-0.25, -0.2) is 15.0 Å². The maximum absolute atomic E-state index is 6.19. The average molecular weight is 350 g/mol. The van der Waals surface area contributed by atoms with E-state index < -0.39 is 0 Å². The molecular formula is C19H16ClN5. The lowest BCUT2D eigenvalue weighted by atomic mass is 10.1. The highest BCUT2D eigenvalue weighted by molar-refractivity contribution is 6.32. The Labute approximate surface area is 150 Å². The third-order valence-corrected chi connectivity index (χ3v) is 4.51. The zero-order chi connectivity index (χ0) is 17.2. The van der Waals surface area contributed by atoms with Gasteiger partial charge >= 0.3 is 0 Å². The van der Waals surface area contributed by atoms with Crippen LogP contribution in [0, 0.1) is 6.92 Å². The number of imidazole rings is 1. The number of fused-ring (bicyclic) bond motifs is 1. The van der Waals surface area contributed by atoms with Gasteiger partial charge in [0.05, 0.1) is 5.52 Å². The molecule has 0 amide bonds. The van der Waals surface area contributed by atoms with Crippen LogP contribution in [0.25, 0.3) is 16.7 Å². The van der Waals surface area contributed by atoms with Gasteiger partial charge in [0.1, 0.15) is 18.0 Å². The summed E-state index contributed by atoms with van der Waals surface area (Å²) in [6.07, 6.45) is 7.18. The van der Waals surface area contributed by atoms with Gasteiger partial charge in [-0.15, -0.1) is 0 Å². The van der Waals surface area contributed by atoms with E-state index in [2.05, 4.69) is 20.3 Å². The van der Waals surface area contributed by atoms with Crippen LogP contribution in [0.2, 0.25) is 5.02 Å². The second kappa shape index (κ2) is 6.53. The van der Waals surface area contributed by atoms with Crippen LogP contribution in [0.5, 0.6) is 0 Å². The molecule has 0 bridgehead atoms. The second-order valence-electron chi connectivity index (χ2n) is 5.79. The van der Waals surface area contributed by atoms with Gasteiger partial charge < -0.3 is 5.32 Å². The monoisotopic (exact) mass is 349 g/mol. The summed E-state index contributed by atoms with van der Waals surface area (Å²) in [4.78, 5) is 13.2. The number of nitrogens with zero attached hydrogens (tertiary/aromatic N) is 4. The molecule has 25 heavy (non-hydrogen) atoms. The Hall–Kier alpha value is -2.92. The van der Waals surface area contributed by atoms with Gasteiger partial charge in [-0.05, 0) is 42.3 Å². The lowest BCUT2D eigenvalue weighted by Gasteiger charge is -2.09. The van der Waals surface area contributed by atoms with Crippen molar-refractivity contribution in [2.24, 2.45) is 0 Å². The molecule has 0 saturated carbocycles. The number of hydrogen-bond donors (Lipinski definition) is 1. The summed E-state index contributed by atoms with van der Waals surface area (Å²) in [7, 11) is 0. The summed E-state index contributed by atoms with van der Waals surface area (Å²) in [6, 6.07) is 11.9. The molecule has 6 heteroatoms. The fraction of sp³-hybridized carbons (Fsp3) is 0.105. The van der Waals surface area contributed by atoms with Crippen LogP contribution in [0.3, 0.4) is 0 Å². The number of nitrogens with one attached hydrogen (secondary N) is 1. The molecule has 0 atom stereocenters. The minimum atomic E-state index is 0.648. The molecule has 0 aliphatic heterocycles. The van der Waals surface area contributed by atoms with Crippen LogP contribution in [0.1, 0.15) is 11.1 Å². The Kier molecular flexibility index (Phi) is 4.07. The Morgan fingerprint density at radius 1 is 1.12 bits per heavy atom. The second-order valence-corrected chi connectivity index (χ2v) is 6.20. The molecule has 0 saturated heterocycles. The van der Waals surface area contributed by atoms with E-state index in [9.17, 15) is 0 Å².